The number of carbonyl (C=O) groups is 2. The molecule has 0 unspecified atom stereocenters. The van der Waals surface area contributed by atoms with Crippen LogP contribution in [-0.4, -0.2) is 67.9 Å². The summed E-state index contributed by atoms with van der Waals surface area (Å²) < 4.78 is 24.4. The molecule has 0 aromatic rings. The first-order valence-electron chi connectivity index (χ1n) is 7.78. The van der Waals surface area contributed by atoms with Crippen molar-refractivity contribution in [2.45, 2.75) is 38.6 Å². The molecule has 0 aromatic heterocycles. The second-order valence-corrected chi connectivity index (χ2v) is 8.22. The second-order valence-electron chi connectivity index (χ2n) is 6.24. The second kappa shape index (κ2) is 6.95. The Labute approximate surface area is 132 Å². The number of carbonyl (C=O) groups excluding carboxylic acids is 2. The molecule has 2 aliphatic heterocycles. The fourth-order valence-electron chi connectivity index (χ4n) is 3.22. The van der Waals surface area contributed by atoms with Crippen molar-refractivity contribution in [3.63, 3.8) is 0 Å². The summed E-state index contributed by atoms with van der Waals surface area (Å²) in [7, 11) is -3.15. The van der Waals surface area contributed by atoms with E-state index in [4.69, 9.17) is 0 Å². The van der Waals surface area contributed by atoms with Gasteiger partial charge in [-0.15, -0.1) is 0 Å². The van der Waals surface area contributed by atoms with Gasteiger partial charge in [0.2, 0.25) is 21.8 Å². The molecule has 1 N–H and O–H groups in total. The molecule has 22 heavy (non-hydrogen) atoms. The van der Waals surface area contributed by atoms with Crippen LogP contribution in [-0.2, 0) is 19.6 Å². The lowest BCUT2D eigenvalue weighted by atomic mass is 9.95. The van der Waals surface area contributed by atoms with Gasteiger partial charge in [-0.1, -0.05) is 0 Å². The SMILES string of the molecule is CC(=O)NC1CCN(C(=O)C2CCN(S(C)(=O)=O)CC2)CC1. The number of sulfonamides is 1. The molecular formula is C14H25N3O4S. The predicted octanol–water partition coefficient (Wildman–Crippen LogP) is -0.215. The quantitative estimate of drug-likeness (QED) is 0.775. The van der Waals surface area contributed by atoms with Crippen LogP contribution in [0.2, 0.25) is 0 Å². The Kier molecular flexibility index (Phi) is 5.44. The fraction of sp³-hybridized carbons (Fsp3) is 0.857. The van der Waals surface area contributed by atoms with Gasteiger partial charge in [0, 0.05) is 45.1 Å². The smallest absolute Gasteiger partial charge is 0.225 e. The summed E-state index contributed by atoms with van der Waals surface area (Å²) in [5, 5.41) is 2.89. The molecule has 7 nitrogen and oxygen atoms in total. The number of rotatable bonds is 3. The van der Waals surface area contributed by atoms with E-state index in [1.807, 2.05) is 4.90 Å². The van der Waals surface area contributed by atoms with E-state index in [9.17, 15) is 18.0 Å². The molecule has 2 amide bonds. The van der Waals surface area contributed by atoms with Gasteiger partial charge in [0.25, 0.3) is 0 Å². The minimum Gasteiger partial charge on any atom is -0.353 e. The van der Waals surface area contributed by atoms with Crippen molar-refractivity contribution in [3.8, 4) is 0 Å². The maximum atomic E-state index is 12.5. The van der Waals surface area contributed by atoms with Gasteiger partial charge in [0.1, 0.15) is 0 Å². The van der Waals surface area contributed by atoms with Crippen LogP contribution in [0.1, 0.15) is 32.6 Å². The zero-order valence-electron chi connectivity index (χ0n) is 13.2. The first kappa shape index (κ1) is 17.2. The summed E-state index contributed by atoms with van der Waals surface area (Å²) in [5.74, 6) is 0.0302. The Bertz CT molecular complexity index is 518. The molecule has 0 saturated carbocycles. The molecule has 2 fully saturated rings. The summed E-state index contributed by atoms with van der Waals surface area (Å²) in [6, 6.07) is 0.161. The maximum Gasteiger partial charge on any atom is 0.225 e. The van der Waals surface area contributed by atoms with Crippen LogP contribution < -0.4 is 5.32 Å². The van der Waals surface area contributed by atoms with Gasteiger partial charge >= 0.3 is 0 Å². The third-order valence-corrected chi connectivity index (χ3v) is 5.79. The van der Waals surface area contributed by atoms with Crippen LogP contribution in [0.4, 0.5) is 0 Å². The van der Waals surface area contributed by atoms with Crippen LogP contribution in [0.25, 0.3) is 0 Å². The zero-order chi connectivity index (χ0) is 16.3. The summed E-state index contributed by atoms with van der Waals surface area (Å²) >= 11 is 0. The van der Waals surface area contributed by atoms with E-state index in [-0.39, 0.29) is 23.8 Å². The highest BCUT2D eigenvalue weighted by Crippen LogP contribution is 2.23. The number of nitrogens with one attached hydrogen (secondary N) is 1. The van der Waals surface area contributed by atoms with Gasteiger partial charge in [0.15, 0.2) is 0 Å². The van der Waals surface area contributed by atoms with Crippen LogP contribution in [0.5, 0.6) is 0 Å². The highest BCUT2D eigenvalue weighted by molar-refractivity contribution is 7.88. The lowest BCUT2D eigenvalue weighted by Gasteiger charge is -2.36. The molecule has 0 atom stereocenters. The zero-order valence-corrected chi connectivity index (χ0v) is 14.1. The number of likely N-dealkylation sites (tertiary alicyclic amines) is 1. The molecule has 0 aromatic carbocycles. The third kappa shape index (κ3) is 4.42. The molecule has 0 aliphatic carbocycles. The van der Waals surface area contributed by atoms with E-state index >= 15 is 0 Å². The standard InChI is InChI=1S/C14H25N3O4S/c1-11(18)15-13-5-7-16(8-6-13)14(19)12-3-9-17(10-4-12)22(2,20)21/h12-13H,3-10H2,1-2H3,(H,15,18). The van der Waals surface area contributed by atoms with Crippen molar-refractivity contribution in [2.75, 3.05) is 32.4 Å². The molecule has 8 heteroatoms. The maximum absolute atomic E-state index is 12.5. The van der Waals surface area contributed by atoms with Crippen LogP contribution in [0, 0.1) is 5.92 Å². The van der Waals surface area contributed by atoms with Crippen molar-refractivity contribution in [2.24, 2.45) is 5.92 Å². The summed E-state index contributed by atoms with van der Waals surface area (Å²) in [6.45, 7) is 3.69. The minimum atomic E-state index is -3.15. The molecule has 2 aliphatic rings. The number of nitrogens with zero attached hydrogens (tertiary/aromatic N) is 2. The Balaban J connectivity index is 1.80. The summed E-state index contributed by atoms with van der Waals surface area (Å²) in [4.78, 5) is 25.4. The average molecular weight is 331 g/mol. The minimum absolute atomic E-state index is 0.0297. The van der Waals surface area contributed by atoms with Crippen molar-refractivity contribution < 1.29 is 18.0 Å². The molecule has 2 saturated heterocycles. The van der Waals surface area contributed by atoms with Gasteiger partial charge in [-0.3, -0.25) is 9.59 Å². The van der Waals surface area contributed by atoms with E-state index < -0.39 is 10.0 Å². The molecule has 0 radical (unpaired) electrons. The van der Waals surface area contributed by atoms with Crippen molar-refractivity contribution >= 4 is 21.8 Å². The van der Waals surface area contributed by atoms with Crippen LogP contribution in [0.3, 0.4) is 0 Å². The lowest BCUT2D eigenvalue weighted by molar-refractivity contribution is -0.137. The van der Waals surface area contributed by atoms with E-state index in [2.05, 4.69) is 5.32 Å². The van der Waals surface area contributed by atoms with Gasteiger partial charge in [-0.25, -0.2) is 12.7 Å². The van der Waals surface area contributed by atoms with Gasteiger partial charge in [-0.05, 0) is 25.7 Å². The first-order chi connectivity index (χ1) is 10.3. The van der Waals surface area contributed by atoms with Crippen molar-refractivity contribution in [1.29, 1.82) is 0 Å². The molecular weight excluding hydrogens is 306 g/mol. The first-order valence-corrected chi connectivity index (χ1v) is 9.63. The topological polar surface area (TPSA) is 86.8 Å². The highest BCUT2D eigenvalue weighted by atomic mass is 32.2. The Hall–Kier alpha value is -1.15. The highest BCUT2D eigenvalue weighted by Gasteiger charge is 2.32. The van der Waals surface area contributed by atoms with E-state index in [0.717, 1.165) is 12.8 Å². The Morgan fingerprint density at radius 2 is 1.55 bits per heavy atom. The number of amides is 2. The predicted molar refractivity (Wildman–Crippen MR) is 82.6 cm³/mol. The largest absolute Gasteiger partial charge is 0.353 e. The number of hydrogen-bond donors (Lipinski definition) is 1. The van der Waals surface area contributed by atoms with E-state index in [0.29, 0.717) is 39.0 Å². The Morgan fingerprint density at radius 3 is 2.00 bits per heavy atom. The average Bonchev–Trinajstić information content (AvgIpc) is 2.46. The Morgan fingerprint density at radius 1 is 1.00 bits per heavy atom. The van der Waals surface area contributed by atoms with Crippen molar-refractivity contribution in [1.82, 2.24) is 14.5 Å². The summed E-state index contributed by atoms with van der Waals surface area (Å²) in [5.41, 5.74) is 0. The van der Waals surface area contributed by atoms with Gasteiger partial charge in [-0.2, -0.15) is 0 Å². The lowest BCUT2D eigenvalue weighted by Crippen LogP contribution is -2.49. The van der Waals surface area contributed by atoms with Crippen LogP contribution >= 0.6 is 0 Å². The van der Waals surface area contributed by atoms with Gasteiger partial charge < -0.3 is 10.2 Å². The number of piperidine rings is 2. The van der Waals surface area contributed by atoms with Crippen molar-refractivity contribution in [3.05, 3.63) is 0 Å². The van der Waals surface area contributed by atoms with E-state index in [1.165, 1.54) is 17.5 Å². The third-order valence-electron chi connectivity index (χ3n) is 4.49. The molecule has 0 bridgehead atoms. The summed E-state index contributed by atoms with van der Waals surface area (Å²) in [6.07, 6.45) is 3.97. The molecule has 2 heterocycles. The monoisotopic (exact) mass is 331 g/mol. The van der Waals surface area contributed by atoms with Crippen LogP contribution in [0.15, 0.2) is 0 Å². The normalized spacial score (nSPS) is 22.5. The molecule has 126 valence electrons. The molecule has 0 spiro atoms. The fourth-order valence-corrected chi connectivity index (χ4v) is 4.10. The van der Waals surface area contributed by atoms with Gasteiger partial charge in [0.05, 0.1) is 6.26 Å². The number of hydrogen-bond acceptors (Lipinski definition) is 4. The van der Waals surface area contributed by atoms with E-state index in [1.54, 1.807) is 0 Å². The molecule has 2 rings (SSSR count).